The molecule has 27 heavy (non-hydrogen) atoms. The Labute approximate surface area is 148 Å². The van der Waals surface area contributed by atoms with Gasteiger partial charge in [-0.05, 0) is 6.42 Å². The predicted molar refractivity (Wildman–Crippen MR) is 86.7 cm³/mol. The van der Waals surface area contributed by atoms with E-state index >= 15 is 0 Å². The van der Waals surface area contributed by atoms with Crippen LogP contribution in [0.2, 0.25) is 0 Å². The minimum absolute atomic E-state index is 0.102. The zero-order valence-corrected chi connectivity index (χ0v) is 15.2. The lowest BCUT2D eigenvalue weighted by Gasteiger charge is -2.44. The summed E-state index contributed by atoms with van der Waals surface area (Å²) in [6, 6.07) is 6.20. The highest BCUT2D eigenvalue weighted by atomic mass is 32.5. The molecule has 1 aromatic carbocycles. The molecule has 0 aliphatic carbocycles. The van der Waals surface area contributed by atoms with E-state index in [0.29, 0.717) is 0 Å². The molecule has 0 aromatic heterocycles. The maximum Gasteiger partial charge on any atom is 0.294 e. The van der Waals surface area contributed by atoms with Crippen LogP contribution in [-0.4, -0.2) is 23.1 Å². The van der Waals surface area contributed by atoms with E-state index < -0.39 is 49.9 Å². The topological polar surface area (TPSA) is 34.1 Å². The molecule has 1 atom stereocenters. The number of Topliss-reactive ketones (excluding diaryl/α,β-unsaturated/α-hetero) is 1. The molecule has 0 aliphatic rings. The van der Waals surface area contributed by atoms with Gasteiger partial charge in [0, 0.05) is 5.56 Å². The number of carbonyl (C=O) groups is 2. The van der Waals surface area contributed by atoms with Crippen LogP contribution in [0, 0.1) is 0 Å². The molecule has 0 aliphatic heterocycles. The van der Waals surface area contributed by atoms with E-state index in [2.05, 4.69) is 0 Å². The summed E-state index contributed by atoms with van der Waals surface area (Å²) in [6.07, 6.45) is -1.67. The van der Waals surface area contributed by atoms with E-state index in [1.54, 1.807) is 0 Å². The highest BCUT2D eigenvalue weighted by Gasteiger charge is 2.69. The van der Waals surface area contributed by atoms with Gasteiger partial charge in [-0.25, -0.2) is 0 Å². The Bertz CT molecular complexity index is 683. The standard InChI is InChI=1S/C8H7F5OS.C5H9F5OS/c9-15(10,11,12,13)6-8(14)7-4-2-1-3-5-7;1-2-3-5(4-11)12(6,7,8,9)10/h1-5H,6H2;4-5H,2-3H2,1H3. The molecule has 0 saturated heterocycles. The third-order valence-corrected chi connectivity index (χ3v) is 5.10. The quantitative estimate of drug-likeness (QED) is 0.237. The average Bonchev–Trinajstić information content (AvgIpc) is 2.40. The van der Waals surface area contributed by atoms with Crippen molar-refractivity contribution in [2.45, 2.75) is 25.0 Å². The first-order valence-electron chi connectivity index (χ1n) is 6.97. The number of rotatable bonds is 7. The van der Waals surface area contributed by atoms with E-state index in [1.165, 1.54) is 25.1 Å². The Morgan fingerprint density at radius 2 is 1.37 bits per heavy atom. The Balaban J connectivity index is 0.000000516. The van der Waals surface area contributed by atoms with Crippen LogP contribution >= 0.6 is 20.4 Å². The van der Waals surface area contributed by atoms with Gasteiger partial charge in [-0.1, -0.05) is 82.5 Å². The first-order valence-corrected chi connectivity index (χ1v) is 11.1. The number of hydrogen-bond acceptors (Lipinski definition) is 2. The molecule has 0 heterocycles. The molecule has 0 N–H and O–H groups in total. The fourth-order valence-electron chi connectivity index (χ4n) is 1.64. The summed E-state index contributed by atoms with van der Waals surface area (Å²) >= 11 is 0. The number of aldehydes is 1. The molecule has 0 fully saturated rings. The lowest BCUT2D eigenvalue weighted by molar-refractivity contribution is -0.108. The van der Waals surface area contributed by atoms with Gasteiger partial charge < -0.3 is 4.79 Å². The summed E-state index contributed by atoms with van der Waals surface area (Å²) in [6.45, 7) is 1.31. The average molecular weight is 458 g/mol. The van der Waals surface area contributed by atoms with E-state index in [0.717, 1.165) is 12.1 Å². The van der Waals surface area contributed by atoms with Crippen molar-refractivity contribution < 1.29 is 48.4 Å². The normalized spacial score (nSPS) is 18.5. The number of ketones is 1. The summed E-state index contributed by atoms with van der Waals surface area (Å²) < 4.78 is 119. The first-order chi connectivity index (χ1) is 11.5. The second kappa shape index (κ2) is 6.29. The Hall–Kier alpha value is -1.44. The van der Waals surface area contributed by atoms with Crippen LogP contribution in [0.5, 0.6) is 0 Å². The van der Waals surface area contributed by atoms with Gasteiger partial charge in [0.1, 0.15) is 6.29 Å². The second-order valence-corrected chi connectivity index (χ2v) is 10.8. The summed E-state index contributed by atoms with van der Waals surface area (Å²) in [4.78, 5) is 20.7. The van der Waals surface area contributed by atoms with Crippen molar-refractivity contribution in [1.29, 1.82) is 0 Å². The Morgan fingerprint density at radius 3 is 1.63 bits per heavy atom. The summed E-state index contributed by atoms with van der Waals surface area (Å²) in [5.74, 6) is -4.29. The van der Waals surface area contributed by atoms with Gasteiger partial charge in [-0.2, -0.15) is 0 Å². The molecule has 14 heteroatoms. The molecule has 0 amide bonds. The molecule has 162 valence electrons. The Kier molecular flexibility index (Phi) is 5.95. The minimum atomic E-state index is -9.65. The van der Waals surface area contributed by atoms with Crippen molar-refractivity contribution in [2.24, 2.45) is 0 Å². The molecule has 1 rings (SSSR count). The molecule has 1 unspecified atom stereocenters. The second-order valence-electron chi connectivity index (χ2n) is 5.55. The fraction of sp³-hybridized carbons (Fsp3) is 0.385. The number of carbonyl (C=O) groups excluding carboxylic acids is 2. The van der Waals surface area contributed by atoms with Crippen LogP contribution in [0.25, 0.3) is 0 Å². The van der Waals surface area contributed by atoms with Crippen LogP contribution in [0.3, 0.4) is 0 Å². The van der Waals surface area contributed by atoms with E-state index in [1.807, 2.05) is 0 Å². The van der Waals surface area contributed by atoms with Crippen molar-refractivity contribution in [3.63, 3.8) is 0 Å². The van der Waals surface area contributed by atoms with E-state index in [9.17, 15) is 48.4 Å². The van der Waals surface area contributed by atoms with Gasteiger partial charge in [0.2, 0.25) is 0 Å². The van der Waals surface area contributed by atoms with Crippen LogP contribution in [0.1, 0.15) is 30.1 Å². The highest BCUT2D eigenvalue weighted by Crippen LogP contribution is 3.00. The van der Waals surface area contributed by atoms with Crippen molar-refractivity contribution >= 4 is 32.5 Å². The summed E-state index contributed by atoms with van der Waals surface area (Å²) in [5, 5.41) is -3.09. The van der Waals surface area contributed by atoms with Crippen LogP contribution < -0.4 is 0 Å². The van der Waals surface area contributed by atoms with Gasteiger partial charge in [0.15, 0.2) is 16.8 Å². The zero-order chi connectivity index (χ0) is 21.9. The summed E-state index contributed by atoms with van der Waals surface area (Å²) in [7, 11) is -19.2. The predicted octanol–water partition coefficient (Wildman–Crippen LogP) is 7.82. The van der Waals surface area contributed by atoms with Crippen LogP contribution in [0.4, 0.5) is 38.9 Å². The molecule has 0 bridgehead atoms. The largest absolute Gasteiger partial charge is 0.302 e. The number of halogens is 10. The van der Waals surface area contributed by atoms with Gasteiger partial charge in [-0.15, -0.1) is 0 Å². The number of benzene rings is 1. The van der Waals surface area contributed by atoms with E-state index in [4.69, 9.17) is 0 Å². The SMILES string of the molecule is CCCC(C=O)S(F)(F)(F)(F)F.O=C(CS(F)(F)(F)(F)F)c1ccccc1. The van der Waals surface area contributed by atoms with Gasteiger partial charge >= 0.3 is 0 Å². The molecule has 1 aromatic rings. The van der Waals surface area contributed by atoms with Crippen molar-refractivity contribution in [3.05, 3.63) is 35.9 Å². The molecular formula is C13H16F10O2S2. The lowest BCUT2D eigenvalue weighted by atomic mass is 10.2. The zero-order valence-electron chi connectivity index (χ0n) is 13.6. The molecule has 0 radical (unpaired) electrons. The van der Waals surface area contributed by atoms with E-state index in [-0.39, 0.29) is 12.0 Å². The third-order valence-electron chi connectivity index (χ3n) is 2.80. The maximum absolute atomic E-state index is 11.9. The molecular weight excluding hydrogens is 442 g/mol. The van der Waals surface area contributed by atoms with Crippen LogP contribution in [-0.2, 0) is 4.79 Å². The van der Waals surface area contributed by atoms with Gasteiger partial charge in [-0.3, -0.25) is 4.79 Å². The lowest BCUT2D eigenvalue weighted by Crippen LogP contribution is -2.26. The first kappa shape index (κ1) is 25.6. The highest BCUT2D eigenvalue weighted by molar-refractivity contribution is 8.46. The van der Waals surface area contributed by atoms with Gasteiger partial charge in [0.25, 0.3) is 20.4 Å². The fourth-order valence-corrected chi connectivity index (χ4v) is 3.19. The van der Waals surface area contributed by atoms with Crippen molar-refractivity contribution in [3.8, 4) is 0 Å². The summed E-state index contributed by atoms with van der Waals surface area (Å²) in [5.41, 5.74) is -0.370. The smallest absolute Gasteiger partial charge is 0.294 e. The molecule has 2 nitrogen and oxygen atoms in total. The number of hydrogen-bond donors (Lipinski definition) is 0. The maximum atomic E-state index is 11.9. The van der Waals surface area contributed by atoms with Crippen molar-refractivity contribution in [1.82, 2.24) is 0 Å². The minimum Gasteiger partial charge on any atom is -0.302 e. The monoisotopic (exact) mass is 458 g/mol. The Morgan fingerprint density at radius 1 is 0.926 bits per heavy atom. The van der Waals surface area contributed by atoms with Gasteiger partial charge in [0.05, 0.1) is 0 Å². The van der Waals surface area contributed by atoms with Crippen molar-refractivity contribution in [2.75, 3.05) is 5.75 Å². The third kappa shape index (κ3) is 11.8. The molecule has 0 spiro atoms. The molecule has 0 saturated carbocycles. The van der Waals surface area contributed by atoms with Crippen LogP contribution in [0.15, 0.2) is 30.3 Å².